The molecule has 3 aromatic rings. The van der Waals surface area contributed by atoms with E-state index < -0.39 is 0 Å². The van der Waals surface area contributed by atoms with E-state index in [4.69, 9.17) is 9.72 Å². The molecule has 4 rings (SSSR count). The molecule has 0 bridgehead atoms. The maximum atomic E-state index is 5.70. The van der Waals surface area contributed by atoms with Crippen molar-refractivity contribution < 1.29 is 4.74 Å². The van der Waals surface area contributed by atoms with Crippen LogP contribution in [0.1, 0.15) is 18.3 Å². The predicted molar refractivity (Wildman–Crippen MR) is 98.1 cm³/mol. The normalized spacial score (nSPS) is 18.2. The van der Waals surface area contributed by atoms with E-state index in [0.717, 1.165) is 50.6 Å². The van der Waals surface area contributed by atoms with Crippen LogP contribution < -0.4 is 0 Å². The Balaban J connectivity index is 1.54. The van der Waals surface area contributed by atoms with Crippen LogP contribution in [0.4, 0.5) is 0 Å². The number of rotatable bonds is 5. The van der Waals surface area contributed by atoms with Crippen molar-refractivity contribution in [3.8, 4) is 0 Å². The Morgan fingerprint density at radius 2 is 2.08 bits per heavy atom. The van der Waals surface area contributed by atoms with Gasteiger partial charge in [-0.1, -0.05) is 24.3 Å². The first-order chi connectivity index (χ1) is 12.3. The fraction of sp³-hybridized carbons (Fsp3) is 0.400. The molecule has 0 fully saturated rings. The van der Waals surface area contributed by atoms with Gasteiger partial charge in [-0.25, -0.2) is 4.98 Å². The van der Waals surface area contributed by atoms with E-state index in [1.54, 1.807) is 0 Å². The number of nitrogens with zero attached hydrogens (tertiary/aromatic N) is 4. The fourth-order valence-corrected chi connectivity index (χ4v) is 3.57. The number of pyridine rings is 1. The molecule has 0 unspecified atom stereocenters. The third kappa shape index (κ3) is 3.72. The summed E-state index contributed by atoms with van der Waals surface area (Å²) in [6, 6.07) is 12.6. The minimum Gasteiger partial charge on any atom is -0.381 e. The molecule has 1 aliphatic rings. The molecule has 0 radical (unpaired) electrons. The lowest BCUT2D eigenvalue weighted by Gasteiger charge is -2.23. The number of hydrogen-bond acceptors (Lipinski definition) is 4. The lowest BCUT2D eigenvalue weighted by atomic mass is 10.1. The van der Waals surface area contributed by atoms with E-state index in [0.29, 0.717) is 5.92 Å². The molecule has 1 aromatic carbocycles. The first-order valence-electron chi connectivity index (χ1n) is 8.95. The predicted octanol–water partition coefficient (Wildman–Crippen LogP) is 3.10. The molecule has 1 atom stereocenters. The first-order valence-corrected chi connectivity index (χ1v) is 8.95. The van der Waals surface area contributed by atoms with Crippen molar-refractivity contribution in [1.82, 2.24) is 19.4 Å². The van der Waals surface area contributed by atoms with Gasteiger partial charge >= 0.3 is 0 Å². The maximum absolute atomic E-state index is 5.70. The first kappa shape index (κ1) is 16.2. The van der Waals surface area contributed by atoms with Gasteiger partial charge in [-0.15, -0.1) is 0 Å². The molecule has 0 saturated heterocycles. The molecule has 0 aliphatic carbocycles. The standard InChI is InChI=1S/C20H24N4O/c1-2-25-14-16-10-23(13-19-9-21-15-24(19)11-16)12-18-8-7-17-5-3-4-6-20(17)22-18/h3-9,15-16H,2,10-14H2,1H3/t16-/m1/s1. The van der Waals surface area contributed by atoms with Crippen molar-refractivity contribution in [2.75, 3.05) is 19.8 Å². The van der Waals surface area contributed by atoms with Crippen LogP contribution in [0.5, 0.6) is 0 Å². The summed E-state index contributed by atoms with van der Waals surface area (Å²) in [4.78, 5) is 11.6. The fourth-order valence-electron chi connectivity index (χ4n) is 3.57. The maximum Gasteiger partial charge on any atom is 0.0948 e. The zero-order valence-electron chi connectivity index (χ0n) is 14.6. The van der Waals surface area contributed by atoms with Gasteiger partial charge in [-0.3, -0.25) is 9.88 Å². The molecule has 2 aromatic heterocycles. The van der Waals surface area contributed by atoms with Crippen LogP contribution >= 0.6 is 0 Å². The van der Waals surface area contributed by atoms with Crippen LogP contribution in [-0.4, -0.2) is 39.2 Å². The number of benzene rings is 1. The van der Waals surface area contributed by atoms with Crippen LogP contribution in [0, 0.1) is 5.92 Å². The SMILES string of the molecule is CCOC[C@@H]1CN(Cc2ccc3ccccc3n2)Cc2cncn2C1. The molecular weight excluding hydrogens is 312 g/mol. The summed E-state index contributed by atoms with van der Waals surface area (Å²) in [6.45, 7) is 7.33. The van der Waals surface area contributed by atoms with Gasteiger partial charge in [0.25, 0.3) is 0 Å². The average molecular weight is 336 g/mol. The molecule has 5 nitrogen and oxygen atoms in total. The number of para-hydroxylation sites is 1. The van der Waals surface area contributed by atoms with E-state index in [9.17, 15) is 0 Å². The molecular formula is C20H24N4O. The highest BCUT2D eigenvalue weighted by atomic mass is 16.5. The second-order valence-electron chi connectivity index (χ2n) is 6.73. The molecule has 0 amide bonds. The van der Waals surface area contributed by atoms with E-state index >= 15 is 0 Å². The number of ether oxygens (including phenoxy) is 1. The number of fused-ring (bicyclic) bond motifs is 2. The highest BCUT2D eigenvalue weighted by Gasteiger charge is 2.22. The van der Waals surface area contributed by atoms with Gasteiger partial charge in [-0.05, 0) is 19.1 Å². The highest BCUT2D eigenvalue weighted by Crippen LogP contribution is 2.19. The third-order valence-electron chi connectivity index (χ3n) is 4.75. The summed E-state index contributed by atoms with van der Waals surface area (Å²) < 4.78 is 7.96. The third-order valence-corrected chi connectivity index (χ3v) is 4.75. The molecule has 1 aliphatic heterocycles. The van der Waals surface area contributed by atoms with Crippen LogP contribution in [0.15, 0.2) is 48.9 Å². The quantitative estimate of drug-likeness (QED) is 0.718. The summed E-state index contributed by atoms with van der Waals surface area (Å²) in [5.41, 5.74) is 3.44. The van der Waals surface area contributed by atoms with Crippen molar-refractivity contribution in [3.05, 3.63) is 60.3 Å². The summed E-state index contributed by atoms with van der Waals surface area (Å²) >= 11 is 0. The van der Waals surface area contributed by atoms with Gasteiger partial charge in [0, 0.05) is 50.3 Å². The van der Waals surface area contributed by atoms with E-state index in [2.05, 4.69) is 51.7 Å². The Morgan fingerprint density at radius 1 is 1.16 bits per heavy atom. The monoisotopic (exact) mass is 336 g/mol. The number of aromatic nitrogens is 3. The molecule has 0 N–H and O–H groups in total. The molecule has 130 valence electrons. The van der Waals surface area contributed by atoms with Crippen LogP contribution in [-0.2, 0) is 24.4 Å². The van der Waals surface area contributed by atoms with Crippen molar-refractivity contribution in [2.45, 2.75) is 26.6 Å². The smallest absolute Gasteiger partial charge is 0.0948 e. The summed E-state index contributed by atoms with van der Waals surface area (Å²) in [5.74, 6) is 0.468. The molecule has 5 heteroatoms. The highest BCUT2D eigenvalue weighted by molar-refractivity contribution is 5.78. The van der Waals surface area contributed by atoms with Crippen LogP contribution in [0.2, 0.25) is 0 Å². The van der Waals surface area contributed by atoms with Crippen molar-refractivity contribution >= 4 is 10.9 Å². The van der Waals surface area contributed by atoms with E-state index in [1.165, 1.54) is 11.1 Å². The zero-order chi connectivity index (χ0) is 17.1. The van der Waals surface area contributed by atoms with Gasteiger partial charge in [0.2, 0.25) is 0 Å². The van der Waals surface area contributed by atoms with Gasteiger partial charge in [-0.2, -0.15) is 0 Å². The minimum absolute atomic E-state index is 0.468. The molecule has 0 spiro atoms. The second-order valence-corrected chi connectivity index (χ2v) is 6.73. The lowest BCUT2D eigenvalue weighted by Crippen LogP contribution is -2.30. The molecule has 0 saturated carbocycles. The minimum atomic E-state index is 0.468. The van der Waals surface area contributed by atoms with Gasteiger partial charge < -0.3 is 9.30 Å². The van der Waals surface area contributed by atoms with Gasteiger partial charge in [0.05, 0.1) is 29.8 Å². The summed E-state index contributed by atoms with van der Waals surface area (Å²) in [7, 11) is 0. The number of hydrogen-bond donors (Lipinski definition) is 0. The van der Waals surface area contributed by atoms with Gasteiger partial charge in [0.1, 0.15) is 0 Å². The second kappa shape index (κ2) is 7.33. The Bertz CT molecular complexity index is 844. The van der Waals surface area contributed by atoms with Gasteiger partial charge in [0.15, 0.2) is 0 Å². The molecule has 3 heterocycles. The molecule has 25 heavy (non-hydrogen) atoms. The summed E-state index contributed by atoms with van der Waals surface area (Å²) in [6.07, 6.45) is 3.91. The zero-order valence-corrected chi connectivity index (χ0v) is 14.6. The van der Waals surface area contributed by atoms with E-state index in [1.807, 2.05) is 18.6 Å². The van der Waals surface area contributed by atoms with Crippen LogP contribution in [0.25, 0.3) is 10.9 Å². The number of imidazole rings is 1. The Kier molecular flexibility index (Phi) is 4.76. The Labute approximate surface area is 148 Å². The topological polar surface area (TPSA) is 43.2 Å². The van der Waals surface area contributed by atoms with Crippen molar-refractivity contribution in [3.63, 3.8) is 0 Å². The Morgan fingerprint density at radius 3 is 3.00 bits per heavy atom. The largest absolute Gasteiger partial charge is 0.381 e. The van der Waals surface area contributed by atoms with Crippen molar-refractivity contribution in [1.29, 1.82) is 0 Å². The van der Waals surface area contributed by atoms with Crippen LogP contribution in [0.3, 0.4) is 0 Å². The lowest BCUT2D eigenvalue weighted by molar-refractivity contribution is 0.0848. The van der Waals surface area contributed by atoms with E-state index in [-0.39, 0.29) is 0 Å². The average Bonchev–Trinajstić information content (AvgIpc) is 2.99. The summed E-state index contributed by atoms with van der Waals surface area (Å²) in [5, 5.41) is 1.19. The van der Waals surface area contributed by atoms with Crippen molar-refractivity contribution in [2.24, 2.45) is 5.92 Å². The Hall–Kier alpha value is -2.24.